The van der Waals surface area contributed by atoms with Crippen LogP contribution < -0.4 is 9.47 Å². The van der Waals surface area contributed by atoms with Crippen LogP contribution >= 0.6 is 12.6 Å². The molecule has 1 aromatic carbocycles. The van der Waals surface area contributed by atoms with E-state index in [0.29, 0.717) is 0 Å². The van der Waals surface area contributed by atoms with Gasteiger partial charge in [0.2, 0.25) is 0 Å². The molecule has 15 heavy (non-hydrogen) atoms. The van der Waals surface area contributed by atoms with Crippen LogP contribution in [0.25, 0.3) is 0 Å². The lowest BCUT2D eigenvalue weighted by Crippen LogP contribution is -2.10. The molecule has 84 valence electrons. The number of aryl methyl sites for hydroxylation is 1. The fraction of sp³-hybridized carbons (Fsp3) is 0.500. The maximum absolute atomic E-state index is 5.27. The molecule has 3 heteroatoms. The van der Waals surface area contributed by atoms with Crippen LogP contribution in [0.5, 0.6) is 11.5 Å². The number of hydrogen-bond donors (Lipinski definition) is 1. The summed E-state index contributed by atoms with van der Waals surface area (Å²) in [5.41, 5.74) is 2.32. The molecule has 0 atom stereocenters. The molecule has 0 aromatic heterocycles. The minimum Gasteiger partial charge on any atom is -0.493 e. The minimum atomic E-state index is -0.177. The topological polar surface area (TPSA) is 18.5 Å². The highest BCUT2D eigenvalue weighted by molar-refractivity contribution is 7.81. The Bertz CT molecular complexity index is 353. The SMILES string of the molecule is COc1cc(C)c(C(C)(C)S)cc1OC. The summed E-state index contributed by atoms with van der Waals surface area (Å²) in [7, 11) is 3.28. The Morgan fingerprint density at radius 1 is 1.07 bits per heavy atom. The van der Waals surface area contributed by atoms with E-state index < -0.39 is 0 Å². The van der Waals surface area contributed by atoms with Crippen LogP contribution in [0.4, 0.5) is 0 Å². The van der Waals surface area contributed by atoms with Crippen LogP contribution in [0.15, 0.2) is 12.1 Å². The average Bonchev–Trinajstić information content (AvgIpc) is 2.15. The highest BCUT2D eigenvalue weighted by Crippen LogP contribution is 2.37. The number of ether oxygens (including phenoxy) is 2. The van der Waals surface area contributed by atoms with Gasteiger partial charge in [0.1, 0.15) is 0 Å². The van der Waals surface area contributed by atoms with Gasteiger partial charge in [0.05, 0.1) is 14.2 Å². The zero-order chi connectivity index (χ0) is 11.6. The van der Waals surface area contributed by atoms with Crippen molar-refractivity contribution in [3.8, 4) is 11.5 Å². The molecule has 0 fully saturated rings. The Kier molecular flexibility index (Phi) is 3.55. The monoisotopic (exact) mass is 226 g/mol. The van der Waals surface area contributed by atoms with Gasteiger partial charge in [-0.25, -0.2) is 0 Å². The summed E-state index contributed by atoms with van der Waals surface area (Å²) < 4.78 is 10.3. The van der Waals surface area contributed by atoms with Gasteiger partial charge in [-0.1, -0.05) is 0 Å². The van der Waals surface area contributed by atoms with Gasteiger partial charge in [-0.3, -0.25) is 0 Å². The van der Waals surface area contributed by atoms with Crippen LogP contribution in [0.1, 0.15) is 25.0 Å². The highest BCUT2D eigenvalue weighted by atomic mass is 32.1. The lowest BCUT2D eigenvalue weighted by atomic mass is 9.96. The average molecular weight is 226 g/mol. The first-order valence-electron chi connectivity index (χ1n) is 4.85. The van der Waals surface area contributed by atoms with Gasteiger partial charge < -0.3 is 9.47 Å². The van der Waals surface area contributed by atoms with E-state index in [0.717, 1.165) is 22.6 Å². The molecule has 2 nitrogen and oxygen atoms in total. The molecule has 0 spiro atoms. The molecular formula is C12H18O2S. The maximum Gasteiger partial charge on any atom is 0.161 e. The Labute approximate surface area is 97.0 Å². The predicted molar refractivity (Wildman–Crippen MR) is 66.3 cm³/mol. The molecule has 0 heterocycles. The number of rotatable bonds is 3. The van der Waals surface area contributed by atoms with Crippen molar-refractivity contribution in [2.24, 2.45) is 0 Å². The smallest absolute Gasteiger partial charge is 0.161 e. The largest absolute Gasteiger partial charge is 0.493 e. The van der Waals surface area contributed by atoms with Crippen molar-refractivity contribution in [1.82, 2.24) is 0 Å². The second-order valence-electron chi connectivity index (χ2n) is 4.08. The van der Waals surface area contributed by atoms with E-state index in [-0.39, 0.29) is 4.75 Å². The van der Waals surface area contributed by atoms with Gasteiger partial charge in [-0.05, 0) is 44.0 Å². The van der Waals surface area contributed by atoms with Crippen molar-refractivity contribution < 1.29 is 9.47 Å². The van der Waals surface area contributed by atoms with Gasteiger partial charge in [-0.15, -0.1) is 0 Å². The van der Waals surface area contributed by atoms with Crippen LogP contribution in [0.3, 0.4) is 0 Å². The standard InChI is InChI=1S/C12H18O2S/c1-8-6-10(13-4)11(14-5)7-9(8)12(2,3)15/h6-7,15H,1-5H3. The Hall–Kier alpha value is -0.830. The fourth-order valence-electron chi connectivity index (χ4n) is 1.64. The Morgan fingerprint density at radius 2 is 1.53 bits per heavy atom. The molecule has 0 aliphatic heterocycles. The lowest BCUT2D eigenvalue weighted by molar-refractivity contribution is 0.354. The summed E-state index contributed by atoms with van der Waals surface area (Å²) in [5.74, 6) is 1.51. The molecule has 0 unspecified atom stereocenters. The summed E-state index contributed by atoms with van der Waals surface area (Å²) in [6.07, 6.45) is 0. The molecule has 0 aliphatic rings. The quantitative estimate of drug-likeness (QED) is 0.798. The first kappa shape index (κ1) is 12.2. The van der Waals surface area contributed by atoms with Gasteiger partial charge >= 0.3 is 0 Å². The van der Waals surface area contributed by atoms with Crippen molar-refractivity contribution in [2.75, 3.05) is 14.2 Å². The molecule has 0 aliphatic carbocycles. The predicted octanol–water partition coefficient (Wildman–Crippen LogP) is 3.18. The van der Waals surface area contributed by atoms with E-state index in [4.69, 9.17) is 9.47 Å². The van der Waals surface area contributed by atoms with E-state index in [2.05, 4.69) is 33.4 Å². The van der Waals surface area contributed by atoms with Crippen molar-refractivity contribution in [3.63, 3.8) is 0 Å². The molecule has 0 saturated carbocycles. The van der Waals surface area contributed by atoms with Crippen LogP contribution in [0, 0.1) is 6.92 Å². The zero-order valence-electron chi connectivity index (χ0n) is 9.92. The molecule has 1 rings (SSSR count). The number of thiol groups is 1. The van der Waals surface area contributed by atoms with Crippen LogP contribution in [0.2, 0.25) is 0 Å². The molecule has 0 radical (unpaired) electrons. The van der Waals surface area contributed by atoms with E-state index >= 15 is 0 Å². The second kappa shape index (κ2) is 4.35. The minimum absolute atomic E-state index is 0.177. The first-order valence-corrected chi connectivity index (χ1v) is 5.30. The summed E-state index contributed by atoms with van der Waals surface area (Å²) in [6, 6.07) is 3.97. The van der Waals surface area contributed by atoms with Gasteiger partial charge in [0.15, 0.2) is 11.5 Å². The van der Waals surface area contributed by atoms with Crippen molar-refractivity contribution in [2.45, 2.75) is 25.5 Å². The van der Waals surface area contributed by atoms with Crippen molar-refractivity contribution in [3.05, 3.63) is 23.3 Å². The molecule has 1 aromatic rings. The molecular weight excluding hydrogens is 208 g/mol. The number of benzene rings is 1. The van der Waals surface area contributed by atoms with Gasteiger partial charge in [-0.2, -0.15) is 12.6 Å². The Morgan fingerprint density at radius 3 is 1.93 bits per heavy atom. The lowest BCUT2D eigenvalue weighted by Gasteiger charge is -2.22. The molecule has 0 bridgehead atoms. The molecule has 0 saturated heterocycles. The summed E-state index contributed by atoms with van der Waals surface area (Å²) in [6.45, 7) is 6.17. The van der Waals surface area contributed by atoms with Crippen LogP contribution in [-0.2, 0) is 4.75 Å². The number of hydrogen-bond acceptors (Lipinski definition) is 3. The molecule has 0 N–H and O–H groups in total. The van der Waals surface area contributed by atoms with Gasteiger partial charge in [0, 0.05) is 4.75 Å². The third-order valence-electron chi connectivity index (χ3n) is 2.39. The fourth-order valence-corrected chi connectivity index (χ4v) is 1.88. The molecule has 0 amide bonds. The summed E-state index contributed by atoms with van der Waals surface area (Å²) in [5, 5.41) is 0. The van der Waals surface area contributed by atoms with Crippen LogP contribution in [-0.4, -0.2) is 14.2 Å². The maximum atomic E-state index is 5.27. The summed E-state index contributed by atoms with van der Waals surface area (Å²) >= 11 is 4.57. The second-order valence-corrected chi connectivity index (χ2v) is 5.20. The highest BCUT2D eigenvalue weighted by Gasteiger charge is 2.20. The normalized spacial score (nSPS) is 11.3. The van der Waals surface area contributed by atoms with Crippen molar-refractivity contribution >= 4 is 12.6 Å². The number of methoxy groups -OCH3 is 2. The van der Waals surface area contributed by atoms with Gasteiger partial charge in [0.25, 0.3) is 0 Å². The third kappa shape index (κ3) is 2.59. The van der Waals surface area contributed by atoms with E-state index in [9.17, 15) is 0 Å². The summed E-state index contributed by atoms with van der Waals surface area (Å²) in [4.78, 5) is 0. The first-order chi connectivity index (χ1) is 6.90. The van der Waals surface area contributed by atoms with E-state index in [1.165, 1.54) is 0 Å². The van der Waals surface area contributed by atoms with E-state index in [1.807, 2.05) is 12.1 Å². The Balaban J connectivity index is 3.32. The van der Waals surface area contributed by atoms with E-state index in [1.54, 1.807) is 14.2 Å². The third-order valence-corrected chi connectivity index (χ3v) is 2.63. The zero-order valence-corrected chi connectivity index (χ0v) is 10.8. The van der Waals surface area contributed by atoms with Crippen molar-refractivity contribution in [1.29, 1.82) is 0 Å².